The molecule has 3 nitrogen and oxygen atoms in total. The van der Waals surface area contributed by atoms with Crippen molar-refractivity contribution in [1.82, 2.24) is 0 Å². The fourth-order valence-electron chi connectivity index (χ4n) is 0. The predicted octanol–water partition coefficient (Wildman–Crippen LogP) is -0.244. The molecular weight excluding hydrogens is 188 g/mol. The third-order valence-electron chi connectivity index (χ3n) is 0. The third-order valence-corrected chi connectivity index (χ3v) is 0. The van der Waals surface area contributed by atoms with Crippen LogP contribution in [0.2, 0.25) is 0 Å². The van der Waals surface area contributed by atoms with Crippen LogP contribution in [0.3, 0.4) is 0 Å². The van der Waals surface area contributed by atoms with E-state index in [1.165, 1.54) is 0 Å². The SMILES string of the molecule is O=S(=O)(O)F.[Y]. The Morgan fingerprint density at radius 1 is 1.50 bits per heavy atom. The summed E-state index contributed by atoms with van der Waals surface area (Å²) in [7, 11) is -5.17. The molecule has 0 rings (SSSR count). The minimum Gasteiger partial charge on any atom is -0.260 e. The maximum absolute atomic E-state index is 10.2. The molecule has 0 spiro atoms. The summed E-state index contributed by atoms with van der Waals surface area (Å²) in [6, 6.07) is 0. The Kier molecular flexibility index (Phi) is 5.04. The van der Waals surface area contributed by atoms with Gasteiger partial charge in [-0.3, -0.25) is 4.55 Å². The van der Waals surface area contributed by atoms with E-state index in [-0.39, 0.29) is 32.7 Å². The molecule has 0 fully saturated rings. The first-order valence-electron chi connectivity index (χ1n) is 0.670. The monoisotopic (exact) mass is 189 g/mol. The van der Waals surface area contributed by atoms with Gasteiger partial charge < -0.3 is 0 Å². The average molecular weight is 189 g/mol. The molecule has 0 saturated heterocycles. The zero-order valence-electron chi connectivity index (χ0n) is 2.63. The molecule has 0 aromatic heterocycles. The average Bonchev–Trinajstić information content (AvgIpc) is 0.722. The fraction of sp³-hybridized carbons (Fsp3) is 0. The van der Waals surface area contributed by atoms with E-state index >= 15 is 0 Å². The predicted molar refractivity (Wildman–Crippen MR) is 12.7 cm³/mol. The van der Waals surface area contributed by atoms with Crippen molar-refractivity contribution in [2.24, 2.45) is 0 Å². The smallest absolute Gasteiger partial charge is 0.260 e. The van der Waals surface area contributed by atoms with E-state index in [0.717, 1.165) is 0 Å². The van der Waals surface area contributed by atoms with Gasteiger partial charge in [-0.15, -0.1) is 0 Å². The third kappa shape index (κ3) is 86.3. The maximum atomic E-state index is 10.2. The van der Waals surface area contributed by atoms with Crippen molar-refractivity contribution in [3.63, 3.8) is 0 Å². The Balaban J connectivity index is 0. The van der Waals surface area contributed by atoms with Crippen LogP contribution in [0.25, 0.3) is 0 Å². The van der Waals surface area contributed by atoms with Crippen molar-refractivity contribution in [3.8, 4) is 0 Å². The molecule has 6 heavy (non-hydrogen) atoms. The first-order chi connectivity index (χ1) is 2.00. The van der Waals surface area contributed by atoms with Gasteiger partial charge in [-0.1, -0.05) is 3.89 Å². The van der Waals surface area contributed by atoms with Gasteiger partial charge in [0.1, 0.15) is 0 Å². The minimum atomic E-state index is -5.17. The topological polar surface area (TPSA) is 54.4 Å². The van der Waals surface area contributed by atoms with Crippen molar-refractivity contribution < 1.29 is 49.6 Å². The summed E-state index contributed by atoms with van der Waals surface area (Å²) >= 11 is 0. The van der Waals surface area contributed by atoms with E-state index in [1.54, 1.807) is 0 Å². The van der Waals surface area contributed by atoms with Crippen molar-refractivity contribution in [3.05, 3.63) is 0 Å². The zero-order chi connectivity index (χ0) is 4.50. The van der Waals surface area contributed by atoms with Crippen LogP contribution in [0.15, 0.2) is 0 Å². The van der Waals surface area contributed by atoms with Gasteiger partial charge >= 0.3 is 10.5 Å². The van der Waals surface area contributed by atoms with Crippen LogP contribution in [0.4, 0.5) is 3.89 Å². The molecule has 1 radical (unpaired) electrons. The van der Waals surface area contributed by atoms with E-state index < -0.39 is 10.5 Å². The molecule has 0 aliphatic carbocycles. The number of rotatable bonds is 0. The Bertz CT molecular complexity index is 94.0. The summed E-state index contributed by atoms with van der Waals surface area (Å²) in [6.07, 6.45) is 0. The standard InChI is InChI=1S/FHO3S.Y/c1-5(2,3)4;/h(H,2,3,4);. The number of halogens is 1. The molecule has 0 aliphatic heterocycles. The van der Waals surface area contributed by atoms with Crippen LogP contribution in [0.1, 0.15) is 0 Å². The summed E-state index contributed by atoms with van der Waals surface area (Å²) in [5, 5.41) is 0. The molecule has 1 N–H and O–H groups in total. The quantitative estimate of drug-likeness (QED) is 0.422. The minimum absolute atomic E-state index is 0. The molecule has 0 atom stereocenters. The molecule has 0 unspecified atom stereocenters. The second kappa shape index (κ2) is 3.01. The molecule has 0 amide bonds. The van der Waals surface area contributed by atoms with Crippen LogP contribution in [-0.4, -0.2) is 13.0 Å². The molecule has 35 valence electrons. The summed E-state index contributed by atoms with van der Waals surface area (Å²) in [4.78, 5) is 0. The second-order valence-corrected chi connectivity index (χ2v) is 1.24. The van der Waals surface area contributed by atoms with Gasteiger partial charge in [-0.2, -0.15) is 8.42 Å². The van der Waals surface area contributed by atoms with Crippen LogP contribution < -0.4 is 0 Å². The van der Waals surface area contributed by atoms with Gasteiger partial charge in [-0.25, -0.2) is 0 Å². The maximum Gasteiger partial charge on any atom is 0.435 e. The zero-order valence-corrected chi connectivity index (χ0v) is 6.28. The summed E-state index contributed by atoms with van der Waals surface area (Å²) < 4.78 is 34.1. The van der Waals surface area contributed by atoms with Gasteiger partial charge in [0.2, 0.25) is 0 Å². The van der Waals surface area contributed by atoms with Crippen LogP contribution in [-0.2, 0) is 43.2 Å². The largest absolute Gasteiger partial charge is 0.435 e. The van der Waals surface area contributed by atoms with Gasteiger partial charge in [-0.05, 0) is 0 Å². The van der Waals surface area contributed by atoms with Gasteiger partial charge in [0, 0.05) is 32.7 Å². The Morgan fingerprint density at radius 3 is 1.50 bits per heavy atom. The van der Waals surface area contributed by atoms with Gasteiger partial charge in [0.05, 0.1) is 0 Å². The number of hydrogen-bond donors (Lipinski definition) is 1. The van der Waals surface area contributed by atoms with E-state index in [1.807, 2.05) is 0 Å². The van der Waals surface area contributed by atoms with Crippen LogP contribution >= 0.6 is 0 Å². The first-order valence-corrected chi connectivity index (χ1v) is 2.01. The summed E-state index contributed by atoms with van der Waals surface area (Å²) in [6.45, 7) is 0. The fourth-order valence-corrected chi connectivity index (χ4v) is 0. The first kappa shape index (κ1) is 10.0. The molecule has 0 bridgehead atoms. The molecular formula is HFO3SY. The Hall–Kier alpha value is 0.944. The molecule has 0 aliphatic rings. The van der Waals surface area contributed by atoms with E-state index in [4.69, 9.17) is 13.0 Å². The molecule has 0 heterocycles. The number of hydrogen-bond acceptors (Lipinski definition) is 2. The van der Waals surface area contributed by atoms with Gasteiger partial charge in [0.15, 0.2) is 0 Å². The van der Waals surface area contributed by atoms with Crippen molar-refractivity contribution in [2.75, 3.05) is 0 Å². The van der Waals surface area contributed by atoms with Crippen LogP contribution in [0.5, 0.6) is 0 Å². The van der Waals surface area contributed by atoms with E-state index in [9.17, 15) is 3.89 Å². The normalized spacial score (nSPS) is 9.67. The molecule has 0 aromatic carbocycles. The molecule has 0 saturated carbocycles. The van der Waals surface area contributed by atoms with Crippen molar-refractivity contribution in [2.45, 2.75) is 0 Å². The second-order valence-electron chi connectivity index (χ2n) is 0.412. The van der Waals surface area contributed by atoms with E-state index in [2.05, 4.69) is 0 Å². The summed E-state index contributed by atoms with van der Waals surface area (Å²) in [5.74, 6) is 0. The van der Waals surface area contributed by atoms with Gasteiger partial charge in [0.25, 0.3) is 0 Å². The summed E-state index contributed by atoms with van der Waals surface area (Å²) in [5.41, 5.74) is 0. The molecule has 0 aromatic rings. The van der Waals surface area contributed by atoms with Crippen molar-refractivity contribution >= 4 is 10.5 Å². The Labute approximate surface area is 59.8 Å². The van der Waals surface area contributed by atoms with Crippen molar-refractivity contribution in [1.29, 1.82) is 0 Å². The van der Waals surface area contributed by atoms with E-state index in [0.29, 0.717) is 0 Å². The molecule has 6 heteroatoms. The van der Waals surface area contributed by atoms with Crippen LogP contribution in [0, 0.1) is 0 Å². The Morgan fingerprint density at radius 2 is 1.50 bits per heavy atom.